The first-order chi connectivity index (χ1) is 15.5. The molecule has 0 aliphatic carbocycles. The average Bonchev–Trinajstić information content (AvgIpc) is 3.34. The Hall–Kier alpha value is -4.27. The van der Waals surface area contributed by atoms with Crippen molar-refractivity contribution in [3.63, 3.8) is 0 Å². The van der Waals surface area contributed by atoms with E-state index in [9.17, 15) is 14.7 Å². The standard InChI is InChI=1S/C22H18N4O3.CH2O2/c27-17-8-4-11-24-18(17)20(28)26-12-9-22(19(26)14-5-3-10-23-13-14)15-6-1-2-7-16(15)25-21(22)29;2-1-3/h1-8,10-11,13,19,27H,9,12H2,(H,25,29);1H,(H,2,3). The molecule has 32 heavy (non-hydrogen) atoms. The first-order valence-corrected chi connectivity index (χ1v) is 9.88. The number of likely N-dealkylation sites (tertiary alicyclic amines) is 1. The molecule has 162 valence electrons. The quantitative estimate of drug-likeness (QED) is 0.530. The molecule has 2 aliphatic rings. The number of fused-ring (bicyclic) bond motifs is 2. The van der Waals surface area contributed by atoms with Crippen molar-refractivity contribution < 1.29 is 24.6 Å². The second-order valence-electron chi connectivity index (χ2n) is 7.39. The van der Waals surface area contributed by atoms with Crippen molar-refractivity contribution >= 4 is 24.0 Å². The number of amides is 2. The van der Waals surface area contributed by atoms with Gasteiger partial charge in [-0.05, 0) is 41.8 Å². The van der Waals surface area contributed by atoms with Crippen molar-refractivity contribution in [1.29, 1.82) is 0 Å². The van der Waals surface area contributed by atoms with Crippen LogP contribution >= 0.6 is 0 Å². The lowest BCUT2D eigenvalue weighted by Gasteiger charge is -2.34. The maximum atomic E-state index is 13.4. The molecule has 1 saturated heterocycles. The smallest absolute Gasteiger partial charge is 0.290 e. The maximum Gasteiger partial charge on any atom is 0.290 e. The zero-order chi connectivity index (χ0) is 22.7. The van der Waals surface area contributed by atoms with E-state index in [-0.39, 0.29) is 23.8 Å². The molecule has 2 unspecified atom stereocenters. The van der Waals surface area contributed by atoms with E-state index < -0.39 is 17.4 Å². The summed E-state index contributed by atoms with van der Waals surface area (Å²) in [5.74, 6) is -0.723. The number of nitrogens with one attached hydrogen (secondary N) is 1. The van der Waals surface area contributed by atoms with Crippen LogP contribution in [0.3, 0.4) is 0 Å². The largest absolute Gasteiger partial charge is 0.505 e. The fraction of sp³-hybridized carbons (Fsp3) is 0.174. The van der Waals surface area contributed by atoms with Gasteiger partial charge in [0.05, 0.1) is 6.04 Å². The summed E-state index contributed by atoms with van der Waals surface area (Å²) in [6, 6.07) is 13.7. The van der Waals surface area contributed by atoms with Gasteiger partial charge in [-0.1, -0.05) is 24.3 Å². The van der Waals surface area contributed by atoms with Crippen molar-refractivity contribution in [2.45, 2.75) is 17.9 Å². The molecule has 3 N–H and O–H groups in total. The molecule has 2 atom stereocenters. The summed E-state index contributed by atoms with van der Waals surface area (Å²) in [5, 5.41) is 20.0. The summed E-state index contributed by atoms with van der Waals surface area (Å²) in [5.41, 5.74) is 1.46. The van der Waals surface area contributed by atoms with E-state index in [2.05, 4.69) is 15.3 Å². The van der Waals surface area contributed by atoms with Crippen LogP contribution in [0.1, 0.15) is 34.1 Å². The summed E-state index contributed by atoms with van der Waals surface area (Å²) in [4.78, 5) is 44.9. The Bertz CT molecular complexity index is 1170. The van der Waals surface area contributed by atoms with E-state index in [1.54, 1.807) is 29.4 Å². The number of benzene rings is 1. The van der Waals surface area contributed by atoms with E-state index in [1.807, 2.05) is 30.3 Å². The number of rotatable bonds is 2. The van der Waals surface area contributed by atoms with Crippen LogP contribution in [-0.2, 0) is 15.0 Å². The maximum absolute atomic E-state index is 13.4. The molecule has 4 heterocycles. The summed E-state index contributed by atoms with van der Waals surface area (Å²) in [6.07, 6.45) is 5.28. The van der Waals surface area contributed by atoms with Crippen LogP contribution in [0, 0.1) is 0 Å². The molecule has 1 aromatic carbocycles. The van der Waals surface area contributed by atoms with Crippen LogP contribution < -0.4 is 5.32 Å². The van der Waals surface area contributed by atoms with Crippen molar-refractivity contribution in [2.24, 2.45) is 0 Å². The fourth-order valence-electron chi connectivity index (χ4n) is 4.60. The highest BCUT2D eigenvalue weighted by Gasteiger charge is 2.59. The Morgan fingerprint density at radius 3 is 2.62 bits per heavy atom. The first kappa shape index (κ1) is 21.0. The van der Waals surface area contributed by atoms with Crippen molar-refractivity contribution in [1.82, 2.24) is 14.9 Å². The van der Waals surface area contributed by atoms with E-state index in [0.29, 0.717) is 13.0 Å². The van der Waals surface area contributed by atoms with Gasteiger partial charge in [0.15, 0.2) is 5.69 Å². The van der Waals surface area contributed by atoms with Gasteiger partial charge in [0, 0.05) is 30.8 Å². The van der Waals surface area contributed by atoms with Gasteiger partial charge in [0.1, 0.15) is 11.2 Å². The lowest BCUT2D eigenvalue weighted by atomic mass is 9.73. The predicted octanol–water partition coefficient (Wildman–Crippen LogP) is 2.36. The Labute approximate surface area is 183 Å². The minimum absolute atomic E-state index is 0.0230. The number of nitrogens with zero attached hydrogens (tertiary/aromatic N) is 3. The first-order valence-electron chi connectivity index (χ1n) is 9.88. The molecule has 2 aliphatic heterocycles. The Morgan fingerprint density at radius 1 is 1.16 bits per heavy atom. The topological polar surface area (TPSA) is 133 Å². The highest BCUT2D eigenvalue weighted by Crippen LogP contribution is 2.54. The highest BCUT2D eigenvalue weighted by atomic mass is 16.3. The Kier molecular flexibility index (Phi) is 5.55. The van der Waals surface area contributed by atoms with Crippen LogP contribution in [-0.4, -0.2) is 49.9 Å². The molecule has 9 heteroatoms. The third-order valence-electron chi connectivity index (χ3n) is 5.84. The molecular weight excluding hydrogens is 412 g/mol. The minimum Gasteiger partial charge on any atom is -0.505 e. The van der Waals surface area contributed by atoms with Crippen LogP contribution in [0.5, 0.6) is 5.75 Å². The van der Waals surface area contributed by atoms with E-state index in [0.717, 1.165) is 16.8 Å². The number of pyridine rings is 2. The number of anilines is 1. The molecule has 5 rings (SSSR count). The normalized spacial score (nSPS) is 20.8. The molecule has 2 amide bonds. The molecule has 1 fully saturated rings. The van der Waals surface area contributed by atoms with Crippen LogP contribution in [0.4, 0.5) is 5.69 Å². The van der Waals surface area contributed by atoms with Crippen molar-refractivity contribution in [2.75, 3.05) is 11.9 Å². The van der Waals surface area contributed by atoms with Crippen molar-refractivity contribution in [3.05, 3.63) is 83.9 Å². The van der Waals surface area contributed by atoms with Gasteiger partial charge < -0.3 is 20.4 Å². The minimum atomic E-state index is -0.917. The number of carbonyl (C=O) groups is 3. The monoisotopic (exact) mass is 432 g/mol. The molecular formula is C23H20N4O5. The number of hydrogen-bond acceptors (Lipinski definition) is 6. The zero-order valence-electron chi connectivity index (χ0n) is 16.9. The molecule has 2 aromatic heterocycles. The summed E-state index contributed by atoms with van der Waals surface area (Å²) >= 11 is 0. The lowest BCUT2D eigenvalue weighted by molar-refractivity contribution is -0.123. The van der Waals surface area contributed by atoms with Gasteiger partial charge in [0.2, 0.25) is 5.91 Å². The average molecular weight is 432 g/mol. The fourth-order valence-corrected chi connectivity index (χ4v) is 4.60. The van der Waals surface area contributed by atoms with Crippen LogP contribution in [0.15, 0.2) is 67.1 Å². The molecule has 3 aromatic rings. The predicted molar refractivity (Wildman–Crippen MR) is 114 cm³/mol. The van der Waals surface area contributed by atoms with Gasteiger partial charge in [-0.3, -0.25) is 19.4 Å². The number of aromatic nitrogens is 2. The number of carboxylic acid groups (broad SMARTS) is 1. The number of aromatic hydroxyl groups is 1. The van der Waals surface area contributed by atoms with E-state index >= 15 is 0 Å². The molecule has 0 bridgehead atoms. The number of para-hydroxylation sites is 1. The molecule has 9 nitrogen and oxygen atoms in total. The third kappa shape index (κ3) is 3.24. The Balaban J connectivity index is 0.000000775. The highest BCUT2D eigenvalue weighted by molar-refractivity contribution is 6.08. The van der Waals surface area contributed by atoms with Crippen LogP contribution in [0.2, 0.25) is 0 Å². The van der Waals surface area contributed by atoms with Crippen molar-refractivity contribution in [3.8, 4) is 5.75 Å². The summed E-state index contributed by atoms with van der Waals surface area (Å²) in [6.45, 7) is 0.107. The second-order valence-corrected chi connectivity index (χ2v) is 7.39. The molecule has 0 radical (unpaired) electrons. The lowest BCUT2D eigenvalue weighted by Crippen LogP contribution is -2.42. The SMILES string of the molecule is O=C(c1ncccc1O)N1CCC2(C(=O)Nc3ccccc32)C1c1cccnc1.O=CO. The number of carbonyl (C=O) groups excluding carboxylic acids is 2. The van der Waals surface area contributed by atoms with Crippen LogP contribution in [0.25, 0.3) is 0 Å². The summed E-state index contributed by atoms with van der Waals surface area (Å²) < 4.78 is 0. The molecule has 1 spiro atoms. The zero-order valence-corrected chi connectivity index (χ0v) is 16.9. The van der Waals surface area contributed by atoms with Gasteiger partial charge in [-0.2, -0.15) is 0 Å². The van der Waals surface area contributed by atoms with Gasteiger partial charge >= 0.3 is 0 Å². The second kappa shape index (κ2) is 8.46. The van der Waals surface area contributed by atoms with E-state index in [1.165, 1.54) is 12.3 Å². The summed E-state index contributed by atoms with van der Waals surface area (Å²) in [7, 11) is 0. The van der Waals surface area contributed by atoms with Gasteiger partial charge in [-0.15, -0.1) is 0 Å². The van der Waals surface area contributed by atoms with Gasteiger partial charge in [0.25, 0.3) is 12.4 Å². The Morgan fingerprint density at radius 2 is 1.91 bits per heavy atom. The molecule has 0 saturated carbocycles. The number of hydrogen-bond donors (Lipinski definition) is 3. The van der Waals surface area contributed by atoms with E-state index in [4.69, 9.17) is 9.90 Å². The third-order valence-corrected chi connectivity index (χ3v) is 5.84. The van der Waals surface area contributed by atoms with Gasteiger partial charge in [-0.25, -0.2) is 4.98 Å².